The summed E-state index contributed by atoms with van der Waals surface area (Å²) >= 11 is 1.69. The molecule has 1 aliphatic rings. The minimum absolute atomic E-state index is 0.0105. The molecular weight excluding hydrogens is 297 g/mol. The van der Waals surface area contributed by atoms with Gasteiger partial charge in [0.2, 0.25) is 5.91 Å². The van der Waals surface area contributed by atoms with Gasteiger partial charge in [0.1, 0.15) is 5.82 Å². The standard InChI is InChI=1S/C18H14FNOS/c19-13-3-1-11(2-4-13)15-10-16(15)18(21)20-14-5-6-17-12(9-14)7-8-22-17/h1-9,15-16H,10H2,(H,20,21). The number of thiophene rings is 1. The van der Waals surface area contributed by atoms with Crippen molar-refractivity contribution < 1.29 is 9.18 Å². The quantitative estimate of drug-likeness (QED) is 0.741. The van der Waals surface area contributed by atoms with Gasteiger partial charge in [0, 0.05) is 16.3 Å². The Labute approximate surface area is 131 Å². The van der Waals surface area contributed by atoms with Crippen LogP contribution in [0, 0.1) is 11.7 Å². The summed E-state index contributed by atoms with van der Waals surface area (Å²) in [5, 5.41) is 6.18. The highest BCUT2D eigenvalue weighted by atomic mass is 32.1. The van der Waals surface area contributed by atoms with Crippen molar-refractivity contribution in [3.05, 3.63) is 65.3 Å². The van der Waals surface area contributed by atoms with E-state index >= 15 is 0 Å². The van der Waals surface area contributed by atoms with Crippen molar-refractivity contribution in [1.82, 2.24) is 0 Å². The molecule has 0 radical (unpaired) electrons. The first-order valence-electron chi connectivity index (χ1n) is 7.24. The van der Waals surface area contributed by atoms with Gasteiger partial charge in [-0.1, -0.05) is 12.1 Å². The summed E-state index contributed by atoms with van der Waals surface area (Å²) in [5.74, 6) is 0.00693. The molecule has 4 heteroatoms. The Morgan fingerprint density at radius 3 is 2.77 bits per heavy atom. The fourth-order valence-corrected chi connectivity index (χ4v) is 3.61. The van der Waals surface area contributed by atoms with Crippen molar-refractivity contribution in [1.29, 1.82) is 0 Å². The molecule has 4 rings (SSSR count). The summed E-state index contributed by atoms with van der Waals surface area (Å²) in [6.07, 6.45) is 0.832. The molecule has 2 atom stereocenters. The Hall–Kier alpha value is -2.20. The third kappa shape index (κ3) is 2.50. The van der Waals surface area contributed by atoms with Gasteiger partial charge in [-0.25, -0.2) is 4.39 Å². The van der Waals surface area contributed by atoms with Crippen LogP contribution in [0.2, 0.25) is 0 Å². The summed E-state index contributed by atoms with van der Waals surface area (Å²) in [6, 6.07) is 14.5. The first-order valence-corrected chi connectivity index (χ1v) is 8.12. The van der Waals surface area contributed by atoms with Crippen molar-refractivity contribution in [2.24, 2.45) is 5.92 Å². The van der Waals surface area contributed by atoms with Gasteiger partial charge < -0.3 is 5.32 Å². The van der Waals surface area contributed by atoms with Crippen LogP contribution in [0.4, 0.5) is 10.1 Å². The second kappa shape index (κ2) is 5.21. The molecule has 0 spiro atoms. The van der Waals surface area contributed by atoms with Gasteiger partial charge in [0.15, 0.2) is 0 Å². The minimum atomic E-state index is -0.241. The highest BCUT2D eigenvalue weighted by Gasteiger charge is 2.43. The molecule has 1 aromatic heterocycles. The highest BCUT2D eigenvalue weighted by Crippen LogP contribution is 2.48. The van der Waals surface area contributed by atoms with Crippen LogP contribution in [0.1, 0.15) is 17.9 Å². The normalized spacial score (nSPS) is 20.0. The molecule has 0 aliphatic heterocycles. The molecule has 2 nitrogen and oxygen atoms in total. The number of halogens is 1. The number of benzene rings is 2. The van der Waals surface area contributed by atoms with Crippen LogP contribution < -0.4 is 5.32 Å². The average molecular weight is 311 g/mol. The van der Waals surface area contributed by atoms with Gasteiger partial charge >= 0.3 is 0 Å². The summed E-state index contributed by atoms with van der Waals surface area (Å²) in [6.45, 7) is 0. The van der Waals surface area contributed by atoms with Gasteiger partial charge in [-0.05, 0) is 65.1 Å². The second-order valence-electron chi connectivity index (χ2n) is 5.66. The monoisotopic (exact) mass is 311 g/mol. The second-order valence-corrected chi connectivity index (χ2v) is 6.61. The lowest BCUT2D eigenvalue weighted by Crippen LogP contribution is -2.14. The molecule has 1 saturated carbocycles. The maximum absolute atomic E-state index is 12.9. The summed E-state index contributed by atoms with van der Waals surface area (Å²) in [4.78, 5) is 12.3. The van der Waals surface area contributed by atoms with E-state index in [9.17, 15) is 9.18 Å². The molecule has 0 bridgehead atoms. The van der Waals surface area contributed by atoms with Gasteiger partial charge in [-0.3, -0.25) is 4.79 Å². The molecule has 110 valence electrons. The maximum atomic E-state index is 12.9. The van der Waals surface area contributed by atoms with Crippen LogP contribution in [0.15, 0.2) is 53.9 Å². The van der Waals surface area contributed by atoms with E-state index in [0.29, 0.717) is 0 Å². The van der Waals surface area contributed by atoms with Gasteiger partial charge in [0.25, 0.3) is 0 Å². The number of hydrogen-bond donors (Lipinski definition) is 1. The van der Waals surface area contributed by atoms with Crippen LogP contribution in [0.3, 0.4) is 0 Å². The summed E-state index contributed by atoms with van der Waals surface area (Å²) in [5.41, 5.74) is 1.87. The lowest BCUT2D eigenvalue weighted by Gasteiger charge is -2.05. The molecule has 1 aliphatic carbocycles. The van der Waals surface area contributed by atoms with Crippen LogP contribution in [-0.4, -0.2) is 5.91 Å². The highest BCUT2D eigenvalue weighted by molar-refractivity contribution is 7.17. The third-order valence-electron chi connectivity index (χ3n) is 4.15. The molecular formula is C18H14FNOS. The largest absolute Gasteiger partial charge is 0.326 e. The molecule has 3 aromatic rings. The lowest BCUT2D eigenvalue weighted by molar-refractivity contribution is -0.117. The number of fused-ring (bicyclic) bond motifs is 1. The van der Waals surface area contributed by atoms with Crippen LogP contribution >= 0.6 is 11.3 Å². The van der Waals surface area contributed by atoms with Gasteiger partial charge in [-0.15, -0.1) is 11.3 Å². The Balaban J connectivity index is 1.45. The van der Waals surface area contributed by atoms with Crippen LogP contribution in [0.25, 0.3) is 10.1 Å². The Bertz CT molecular complexity index is 840. The fourth-order valence-electron chi connectivity index (χ4n) is 2.84. The first-order chi connectivity index (χ1) is 10.7. The molecule has 2 unspecified atom stereocenters. The van der Waals surface area contributed by atoms with E-state index in [1.807, 2.05) is 29.6 Å². The smallest absolute Gasteiger partial charge is 0.228 e. The summed E-state index contributed by atoms with van der Waals surface area (Å²) < 4.78 is 14.2. The Kier molecular flexibility index (Phi) is 3.19. The fraction of sp³-hybridized carbons (Fsp3) is 0.167. The van der Waals surface area contributed by atoms with E-state index in [-0.39, 0.29) is 23.6 Å². The number of carbonyl (C=O) groups is 1. The predicted molar refractivity (Wildman–Crippen MR) is 87.7 cm³/mol. The minimum Gasteiger partial charge on any atom is -0.326 e. The molecule has 2 aromatic carbocycles. The number of carbonyl (C=O) groups excluding carboxylic acids is 1. The number of hydrogen-bond acceptors (Lipinski definition) is 2. The van der Waals surface area contributed by atoms with E-state index in [2.05, 4.69) is 5.32 Å². The maximum Gasteiger partial charge on any atom is 0.228 e. The molecule has 22 heavy (non-hydrogen) atoms. The number of anilines is 1. The molecule has 0 saturated heterocycles. The van der Waals surface area contributed by atoms with Crippen molar-refractivity contribution in [3.63, 3.8) is 0 Å². The SMILES string of the molecule is O=C(Nc1ccc2sccc2c1)C1CC1c1ccc(F)cc1. The van der Waals surface area contributed by atoms with Crippen molar-refractivity contribution >= 4 is 33.0 Å². The first kappa shape index (κ1) is 13.5. The third-order valence-corrected chi connectivity index (χ3v) is 5.04. The number of nitrogens with one attached hydrogen (secondary N) is 1. The topological polar surface area (TPSA) is 29.1 Å². The Morgan fingerprint density at radius 2 is 1.95 bits per heavy atom. The average Bonchev–Trinajstić information content (AvgIpc) is 3.18. The molecule has 1 amide bonds. The molecule has 1 N–H and O–H groups in total. The zero-order valence-corrected chi connectivity index (χ0v) is 12.6. The van der Waals surface area contributed by atoms with Crippen LogP contribution in [0.5, 0.6) is 0 Å². The van der Waals surface area contributed by atoms with E-state index in [0.717, 1.165) is 23.1 Å². The number of amides is 1. The van der Waals surface area contributed by atoms with Crippen molar-refractivity contribution in [3.8, 4) is 0 Å². The van der Waals surface area contributed by atoms with Crippen LogP contribution in [-0.2, 0) is 4.79 Å². The van der Waals surface area contributed by atoms with E-state index in [1.54, 1.807) is 23.5 Å². The van der Waals surface area contributed by atoms with Gasteiger partial charge in [0.05, 0.1) is 0 Å². The number of rotatable bonds is 3. The zero-order chi connectivity index (χ0) is 15.1. The van der Waals surface area contributed by atoms with Gasteiger partial charge in [-0.2, -0.15) is 0 Å². The molecule has 1 fully saturated rings. The van der Waals surface area contributed by atoms with E-state index < -0.39 is 0 Å². The Morgan fingerprint density at radius 1 is 1.14 bits per heavy atom. The predicted octanol–water partition coefficient (Wildman–Crippen LogP) is 4.78. The lowest BCUT2D eigenvalue weighted by atomic mass is 10.1. The van der Waals surface area contributed by atoms with Crippen molar-refractivity contribution in [2.75, 3.05) is 5.32 Å². The van der Waals surface area contributed by atoms with E-state index in [4.69, 9.17) is 0 Å². The molecule has 1 heterocycles. The van der Waals surface area contributed by atoms with Crippen molar-refractivity contribution in [2.45, 2.75) is 12.3 Å². The zero-order valence-electron chi connectivity index (χ0n) is 11.8. The van der Waals surface area contributed by atoms with E-state index in [1.165, 1.54) is 16.8 Å². The summed E-state index contributed by atoms with van der Waals surface area (Å²) in [7, 11) is 0.